The molecule has 1 aromatic rings. The number of hydrogen-bond acceptors (Lipinski definition) is 3. The number of hydrogen-bond donors (Lipinski definition) is 2. The third-order valence-electron chi connectivity index (χ3n) is 7.63. The van der Waals surface area contributed by atoms with E-state index >= 15 is 0 Å². The van der Waals surface area contributed by atoms with Gasteiger partial charge < -0.3 is 14.9 Å². The van der Waals surface area contributed by atoms with Crippen LogP contribution in [0.1, 0.15) is 78.5 Å². The zero-order valence-corrected chi connectivity index (χ0v) is 26.4. The molecular formula is C28H25F21O5. The van der Waals surface area contributed by atoms with Crippen molar-refractivity contribution in [1.82, 2.24) is 0 Å². The number of benzene rings is 1. The maximum Gasteiger partial charge on any atom is 0.460 e. The lowest BCUT2D eigenvalue weighted by Crippen LogP contribution is -2.76. The van der Waals surface area contributed by atoms with Crippen molar-refractivity contribution in [2.24, 2.45) is 0 Å². The SMILES string of the molecule is O=C(O)c1cc(OCCCCCCCCCCC(F)(F)C(F)(F)C(F)(F)C(F)(F)C(F)(F)C(F)(F)C(F)(F)C(F)(F)C(F)(F)C(F)(F)F)cc(C(=O)O)c1. The minimum atomic E-state index is -9.19. The van der Waals surface area contributed by atoms with Crippen molar-refractivity contribution < 1.29 is 117 Å². The van der Waals surface area contributed by atoms with E-state index in [-0.39, 0.29) is 49.2 Å². The minimum Gasteiger partial charge on any atom is -0.494 e. The number of ether oxygens (including phenoxy) is 1. The summed E-state index contributed by atoms with van der Waals surface area (Å²) in [5, 5.41) is 18.0. The van der Waals surface area contributed by atoms with Crippen molar-refractivity contribution in [2.75, 3.05) is 6.61 Å². The summed E-state index contributed by atoms with van der Waals surface area (Å²) in [6, 6.07) is 2.95. The number of carboxylic acid groups (broad SMARTS) is 2. The summed E-state index contributed by atoms with van der Waals surface area (Å²) in [5.41, 5.74) is -0.779. The number of carboxylic acids is 2. The lowest BCUT2D eigenvalue weighted by Gasteiger charge is -2.44. The second kappa shape index (κ2) is 15.9. The highest BCUT2D eigenvalue weighted by atomic mass is 19.4. The van der Waals surface area contributed by atoms with Gasteiger partial charge in [0.15, 0.2) is 0 Å². The third-order valence-corrected chi connectivity index (χ3v) is 7.63. The van der Waals surface area contributed by atoms with Crippen LogP contribution >= 0.6 is 0 Å². The van der Waals surface area contributed by atoms with Crippen LogP contribution in [0.2, 0.25) is 0 Å². The van der Waals surface area contributed by atoms with E-state index in [4.69, 9.17) is 14.9 Å². The van der Waals surface area contributed by atoms with Crippen LogP contribution in [0.15, 0.2) is 18.2 Å². The van der Waals surface area contributed by atoms with E-state index in [1.54, 1.807) is 0 Å². The van der Waals surface area contributed by atoms with E-state index in [0.29, 0.717) is 12.8 Å². The fourth-order valence-corrected chi connectivity index (χ4v) is 4.38. The van der Waals surface area contributed by atoms with Crippen LogP contribution in [0.4, 0.5) is 92.2 Å². The van der Waals surface area contributed by atoms with Crippen molar-refractivity contribution in [3.63, 3.8) is 0 Å². The summed E-state index contributed by atoms with van der Waals surface area (Å²) in [6.45, 7) is -0.0540. The number of carbonyl (C=O) groups is 2. The Hall–Kier alpha value is -3.51. The molecule has 0 aliphatic carbocycles. The van der Waals surface area contributed by atoms with Gasteiger partial charge in [-0.1, -0.05) is 38.5 Å². The molecule has 1 aromatic carbocycles. The molecule has 0 bridgehead atoms. The van der Waals surface area contributed by atoms with Gasteiger partial charge >= 0.3 is 71.4 Å². The first-order chi connectivity index (χ1) is 23.9. The molecular weight excluding hydrogens is 815 g/mol. The molecule has 1 rings (SSSR count). The van der Waals surface area contributed by atoms with E-state index in [0.717, 1.165) is 18.2 Å². The molecule has 0 unspecified atom stereocenters. The summed E-state index contributed by atoms with van der Waals surface area (Å²) >= 11 is 0. The first-order valence-electron chi connectivity index (χ1n) is 14.7. The van der Waals surface area contributed by atoms with Crippen LogP contribution in [-0.2, 0) is 0 Å². The zero-order chi connectivity index (χ0) is 42.8. The molecule has 0 aliphatic heterocycles. The minimum absolute atomic E-state index is 0.0540. The zero-order valence-electron chi connectivity index (χ0n) is 26.4. The molecule has 26 heteroatoms. The van der Waals surface area contributed by atoms with E-state index in [1.165, 1.54) is 0 Å². The van der Waals surface area contributed by atoms with E-state index in [9.17, 15) is 102 Å². The van der Waals surface area contributed by atoms with E-state index in [1.807, 2.05) is 0 Å². The highest BCUT2D eigenvalue weighted by Gasteiger charge is 2.97. The number of halogens is 21. The summed E-state index contributed by atoms with van der Waals surface area (Å²) < 4.78 is 288. The summed E-state index contributed by atoms with van der Waals surface area (Å²) in [7, 11) is 0. The van der Waals surface area contributed by atoms with Crippen molar-refractivity contribution in [1.29, 1.82) is 0 Å². The molecule has 314 valence electrons. The fraction of sp³-hybridized carbons (Fsp3) is 0.714. The second-order valence-corrected chi connectivity index (χ2v) is 11.6. The van der Waals surface area contributed by atoms with Gasteiger partial charge in [0.05, 0.1) is 17.7 Å². The maximum atomic E-state index is 14.1. The van der Waals surface area contributed by atoms with Gasteiger partial charge in [-0.3, -0.25) is 0 Å². The predicted molar refractivity (Wildman–Crippen MR) is 138 cm³/mol. The molecule has 0 radical (unpaired) electrons. The smallest absolute Gasteiger partial charge is 0.460 e. The van der Waals surface area contributed by atoms with Crippen molar-refractivity contribution >= 4 is 11.9 Å². The van der Waals surface area contributed by atoms with Gasteiger partial charge in [0.1, 0.15) is 5.75 Å². The monoisotopic (exact) mass is 840 g/mol. The van der Waals surface area contributed by atoms with Gasteiger partial charge in [0, 0.05) is 6.42 Å². The number of unbranched alkanes of at least 4 members (excludes halogenated alkanes) is 7. The topological polar surface area (TPSA) is 83.8 Å². The molecule has 0 fully saturated rings. The Bertz CT molecular complexity index is 1420. The Morgan fingerprint density at radius 1 is 0.426 bits per heavy atom. The highest BCUT2D eigenvalue weighted by Crippen LogP contribution is 2.66. The van der Waals surface area contributed by atoms with Gasteiger partial charge in [0.25, 0.3) is 0 Å². The van der Waals surface area contributed by atoms with Crippen LogP contribution in [0.5, 0.6) is 5.75 Å². The molecule has 0 atom stereocenters. The van der Waals surface area contributed by atoms with Crippen LogP contribution in [0.3, 0.4) is 0 Å². The van der Waals surface area contributed by atoms with Crippen molar-refractivity contribution in [3.8, 4) is 5.75 Å². The highest BCUT2D eigenvalue weighted by molar-refractivity contribution is 5.94. The van der Waals surface area contributed by atoms with Crippen LogP contribution in [0.25, 0.3) is 0 Å². The molecule has 54 heavy (non-hydrogen) atoms. The quantitative estimate of drug-likeness (QED) is 0.0897. The van der Waals surface area contributed by atoms with Crippen LogP contribution < -0.4 is 4.74 Å². The molecule has 0 spiro atoms. The van der Waals surface area contributed by atoms with Crippen molar-refractivity contribution in [2.45, 2.75) is 117 Å². The Balaban J connectivity index is 2.86. The largest absolute Gasteiger partial charge is 0.494 e. The molecule has 0 heterocycles. The molecule has 0 aliphatic rings. The van der Waals surface area contributed by atoms with Crippen LogP contribution in [-0.4, -0.2) is 88.2 Å². The van der Waals surface area contributed by atoms with E-state index < -0.39 is 90.7 Å². The molecule has 2 N–H and O–H groups in total. The number of aromatic carboxylic acids is 2. The Kier molecular flexibility index (Phi) is 14.3. The maximum absolute atomic E-state index is 14.1. The normalized spacial score (nSPS) is 14.7. The van der Waals surface area contributed by atoms with Crippen LogP contribution in [0, 0.1) is 0 Å². The van der Waals surface area contributed by atoms with E-state index in [2.05, 4.69) is 0 Å². The fourth-order valence-electron chi connectivity index (χ4n) is 4.38. The summed E-state index contributed by atoms with van der Waals surface area (Å²) in [4.78, 5) is 22.2. The van der Waals surface area contributed by atoms with Crippen molar-refractivity contribution in [3.05, 3.63) is 29.3 Å². The summed E-state index contributed by atoms with van der Waals surface area (Å²) in [5.74, 6) is -79.9. The first-order valence-corrected chi connectivity index (χ1v) is 14.7. The lowest BCUT2D eigenvalue weighted by atomic mass is 9.85. The van der Waals surface area contributed by atoms with Gasteiger partial charge in [-0.25, -0.2) is 9.59 Å². The Morgan fingerprint density at radius 3 is 1.06 bits per heavy atom. The van der Waals surface area contributed by atoms with Gasteiger partial charge in [-0.15, -0.1) is 0 Å². The third kappa shape index (κ3) is 8.64. The molecule has 5 nitrogen and oxygen atoms in total. The first kappa shape index (κ1) is 48.5. The average Bonchev–Trinajstić information content (AvgIpc) is 3.01. The number of rotatable bonds is 22. The lowest BCUT2D eigenvalue weighted by molar-refractivity contribution is -0.474. The Labute approximate surface area is 288 Å². The van der Waals surface area contributed by atoms with Gasteiger partial charge in [-0.05, 0) is 31.0 Å². The second-order valence-electron chi connectivity index (χ2n) is 11.6. The standard InChI is InChI=1S/C28H25F21O5/c29-19(30,9-7-5-3-1-2-4-6-8-10-54-16-12-14(17(50)51)11-15(13-16)18(52)53)20(31,32)21(33,34)22(35,36)23(37,38)24(39,40)25(41,42)26(43,44)27(45,46)28(47,48)49/h11-13H,1-10H2,(H,50,51)(H,52,53). The Morgan fingerprint density at radius 2 is 0.722 bits per heavy atom. The van der Waals surface area contributed by atoms with Gasteiger partial charge in [-0.2, -0.15) is 92.2 Å². The summed E-state index contributed by atoms with van der Waals surface area (Å²) in [6.07, 6.45) is -11.4. The van der Waals surface area contributed by atoms with Gasteiger partial charge in [0.2, 0.25) is 0 Å². The molecule has 0 aromatic heterocycles. The number of alkyl halides is 21. The average molecular weight is 840 g/mol. The predicted octanol–water partition coefficient (Wildman–Crippen LogP) is 11.3. The molecule has 0 saturated heterocycles. The molecule has 0 amide bonds. The molecule has 0 saturated carbocycles.